The Morgan fingerprint density at radius 1 is 0.838 bits per heavy atom. The number of unbranched alkanes of at least 4 members (excludes halogenated alkanes) is 1. The van der Waals surface area contributed by atoms with Crippen LogP contribution in [-0.4, -0.2) is 185 Å². The second kappa shape index (κ2) is 28.5. The fourth-order valence-corrected chi connectivity index (χ4v) is 9.22. The van der Waals surface area contributed by atoms with Crippen molar-refractivity contribution < 1.29 is 110 Å². The van der Waals surface area contributed by atoms with Crippen LogP contribution in [0.5, 0.6) is 0 Å². The smallest absolute Gasteiger partial charge is 0.480 e. The number of nitrogens with zero attached hydrogens (tertiary/aromatic N) is 1. The van der Waals surface area contributed by atoms with Crippen molar-refractivity contribution in [2.75, 3.05) is 19.8 Å². The number of aliphatic carboxylic acids is 1. The molecule has 35 heteroatoms. The molecule has 2 aliphatic heterocycles. The number of Topliss-reactive ketones (excluding diaryl/α,β-unsaturated/α-hetero) is 1. The molecule has 0 saturated carbocycles. The molecule has 0 radical (unpaired) electrons. The van der Waals surface area contributed by atoms with E-state index in [1.807, 2.05) is 4.98 Å². The fraction of sp³-hybridized carbons (Fsp3) is 0.692. The molecule has 3 rings (SSSR count). The topological polar surface area (TPSA) is 509 Å². The first-order valence-corrected chi connectivity index (χ1v) is 25.5. The number of phosphoric ester groups is 2. The summed E-state index contributed by atoms with van der Waals surface area (Å²) < 4.78 is 57.0. The van der Waals surface area contributed by atoms with Crippen LogP contribution in [-0.2, 0) is 75.1 Å². The van der Waals surface area contributed by atoms with E-state index in [4.69, 9.17) is 24.5 Å². The Labute approximate surface area is 419 Å². The Hall–Kier alpha value is -5.38. The standard InChI is InChI=1S/C39H62N8O25P2/c1-17(49)8-10-25(51)41-13-6-5-7-21(33(40)57)44-26(52)11-9-22(37(60)61)45-34(58)18(2)42-35(59)19(3)68-32-28(43-20(4)50)38(70-23(15-48)30(32)55)71-74(65,66)72-73(63,64)67-16-24-29(54)31(56)36(69-24)47-14-12-27(53)46-39(47)62/h12,14,18-19,21-24,28-32,36,38,48,54-56H,5-11,13,15-16H2,1-4H3,(H2,40,57)(H,41,51)(H,42,59)(H,43,50)(H,44,52)(H,45,58)(H,60,61)(H,63,64)(H,65,66)(H,46,53,62)/t18-,19?,21-,22-,23+,24+,28+,29+,30+,31+,32+,36+,38+/m0/s1. The quantitative estimate of drug-likeness (QED) is 0.0252. The van der Waals surface area contributed by atoms with Crippen molar-refractivity contribution in [2.24, 2.45) is 5.73 Å². The Bertz CT molecular complexity index is 2390. The monoisotopic (exact) mass is 1100 g/mol. The highest BCUT2D eigenvalue weighted by Crippen LogP contribution is 2.61. The summed E-state index contributed by atoms with van der Waals surface area (Å²) in [5.41, 5.74) is 3.53. The Kier molecular flexibility index (Phi) is 24.2. The van der Waals surface area contributed by atoms with Gasteiger partial charge in [-0.2, -0.15) is 4.31 Å². The Balaban J connectivity index is 1.60. The summed E-state index contributed by atoms with van der Waals surface area (Å²) in [5.74, 6) is -6.91. The van der Waals surface area contributed by atoms with Crippen molar-refractivity contribution in [2.45, 2.75) is 152 Å². The molecule has 74 heavy (non-hydrogen) atoms. The average molecular weight is 1100 g/mol. The second-order valence-corrected chi connectivity index (χ2v) is 19.9. The van der Waals surface area contributed by atoms with Gasteiger partial charge >= 0.3 is 27.3 Å². The van der Waals surface area contributed by atoms with E-state index in [0.29, 0.717) is 17.4 Å². The lowest BCUT2D eigenvalue weighted by Gasteiger charge is -2.44. The lowest BCUT2D eigenvalue weighted by atomic mass is 9.96. The zero-order valence-electron chi connectivity index (χ0n) is 40.1. The molecular weight excluding hydrogens is 1040 g/mol. The number of nitrogens with two attached hydrogens (primary N) is 1. The minimum atomic E-state index is -5.93. The molecular formula is C39H62N8O25P2. The van der Waals surface area contributed by atoms with Gasteiger partial charge in [0.25, 0.3) is 5.56 Å². The van der Waals surface area contributed by atoms with Crippen molar-refractivity contribution >= 4 is 62.8 Å². The number of aliphatic hydroxyl groups excluding tert-OH is 4. The molecule has 0 aromatic carbocycles. The third-order valence-electron chi connectivity index (χ3n) is 10.9. The number of H-pyrrole nitrogens is 1. The van der Waals surface area contributed by atoms with E-state index in [2.05, 4.69) is 35.4 Å². The minimum Gasteiger partial charge on any atom is -0.480 e. The summed E-state index contributed by atoms with van der Waals surface area (Å²) >= 11 is 0. The summed E-state index contributed by atoms with van der Waals surface area (Å²) in [6.45, 7) is 2.45. The molecule has 0 spiro atoms. The van der Waals surface area contributed by atoms with Gasteiger partial charge in [0.05, 0.1) is 13.2 Å². The molecule has 2 aliphatic rings. The molecule has 33 nitrogen and oxygen atoms in total. The number of aromatic nitrogens is 2. The van der Waals surface area contributed by atoms with Gasteiger partial charge in [0.15, 0.2) is 12.5 Å². The van der Waals surface area contributed by atoms with Gasteiger partial charge in [-0.15, -0.1) is 0 Å². The first-order valence-electron chi connectivity index (χ1n) is 22.5. The summed E-state index contributed by atoms with van der Waals surface area (Å²) in [7, 11) is -11.7. The number of phosphoric acid groups is 2. The first kappa shape index (κ1) is 62.9. The molecule has 0 aliphatic carbocycles. The summed E-state index contributed by atoms with van der Waals surface area (Å²) in [6.07, 6.45) is -16.1. The number of carboxylic acid groups (broad SMARTS) is 1. The van der Waals surface area contributed by atoms with Crippen molar-refractivity contribution in [3.05, 3.63) is 33.1 Å². The number of carboxylic acids is 1. The number of aliphatic hydroxyl groups is 4. The van der Waals surface area contributed by atoms with Gasteiger partial charge < -0.3 is 86.6 Å². The maximum Gasteiger partial charge on any atom is 0.483 e. The highest BCUT2D eigenvalue weighted by atomic mass is 31.3. The van der Waals surface area contributed by atoms with Crippen LogP contribution < -0.4 is 43.6 Å². The molecule has 3 unspecified atom stereocenters. The van der Waals surface area contributed by atoms with Gasteiger partial charge in [0.1, 0.15) is 72.7 Å². The predicted octanol–water partition coefficient (Wildman–Crippen LogP) is -5.76. The Morgan fingerprint density at radius 3 is 2.11 bits per heavy atom. The summed E-state index contributed by atoms with van der Waals surface area (Å²) in [4.78, 5) is 145. The number of rotatable bonds is 30. The molecule has 6 amide bonds. The van der Waals surface area contributed by atoms with Crippen LogP contribution in [0.2, 0.25) is 0 Å². The lowest BCUT2D eigenvalue weighted by molar-refractivity contribution is -0.261. The fourth-order valence-electron chi connectivity index (χ4n) is 7.06. The van der Waals surface area contributed by atoms with Gasteiger partial charge in [-0.05, 0) is 46.5 Å². The van der Waals surface area contributed by atoms with Crippen LogP contribution in [0.25, 0.3) is 0 Å². The van der Waals surface area contributed by atoms with Crippen LogP contribution in [0.1, 0.15) is 78.9 Å². The number of hydrogen-bond donors (Lipinski definition) is 14. The number of hydrogen-bond acceptors (Lipinski definition) is 22. The number of ketones is 1. The summed E-state index contributed by atoms with van der Waals surface area (Å²) in [5, 5.41) is 63.2. The largest absolute Gasteiger partial charge is 0.483 e. The highest BCUT2D eigenvalue weighted by molar-refractivity contribution is 7.61. The number of amides is 6. The minimum absolute atomic E-state index is 0.0214. The molecule has 2 saturated heterocycles. The molecule has 15 atom stereocenters. The first-order chi connectivity index (χ1) is 34.4. The number of aromatic amines is 1. The predicted molar refractivity (Wildman–Crippen MR) is 243 cm³/mol. The van der Waals surface area contributed by atoms with Gasteiger partial charge in [0, 0.05) is 45.0 Å². The normalized spacial score (nSPS) is 25.9. The maximum absolute atomic E-state index is 13.3. The summed E-state index contributed by atoms with van der Waals surface area (Å²) in [6, 6.07) is -5.43. The van der Waals surface area contributed by atoms with Gasteiger partial charge in [0.2, 0.25) is 35.4 Å². The van der Waals surface area contributed by atoms with Crippen molar-refractivity contribution in [1.29, 1.82) is 0 Å². The highest BCUT2D eigenvalue weighted by Gasteiger charge is 2.52. The number of ether oxygens (including phenoxy) is 3. The van der Waals surface area contributed by atoms with E-state index in [1.165, 1.54) is 6.92 Å². The van der Waals surface area contributed by atoms with E-state index in [-0.39, 0.29) is 37.5 Å². The number of primary amides is 1. The molecule has 3 heterocycles. The van der Waals surface area contributed by atoms with Gasteiger partial charge in [-0.3, -0.25) is 52.2 Å². The van der Waals surface area contributed by atoms with E-state index >= 15 is 0 Å². The molecule has 2 fully saturated rings. The van der Waals surface area contributed by atoms with Crippen LogP contribution >= 0.6 is 15.6 Å². The average Bonchev–Trinajstić information content (AvgIpc) is 3.58. The van der Waals surface area contributed by atoms with Crippen molar-refractivity contribution in [3.63, 3.8) is 0 Å². The maximum atomic E-state index is 13.3. The van der Waals surface area contributed by atoms with E-state index in [1.54, 1.807) is 0 Å². The van der Waals surface area contributed by atoms with Gasteiger partial charge in [-0.1, -0.05) is 0 Å². The van der Waals surface area contributed by atoms with Crippen LogP contribution in [0.3, 0.4) is 0 Å². The third kappa shape index (κ3) is 19.7. The van der Waals surface area contributed by atoms with E-state index in [0.717, 1.165) is 33.0 Å². The molecule has 1 aromatic rings. The second-order valence-electron chi connectivity index (χ2n) is 16.9. The van der Waals surface area contributed by atoms with Crippen LogP contribution in [0.4, 0.5) is 0 Å². The third-order valence-corrected chi connectivity index (χ3v) is 13.5. The SMILES string of the molecule is CC(=O)CCC(=O)NCCCC[C@H](NC(=O)CC[C@H](NC(=O)[C@H](C)NC(=O)C(C)O[C@H]1[C@H](O)[C@@H](CO)O[C@H](OP(=O)(O)OP(=O)(O)OC[C@H]2O[C@@H](n3ccc(=O)[nH]c3=O)[C@H](O)[C@@H]2O)[C@@H]1NC(C)=O)C(=O)O)C(N)=O. The lowest BCUT2D eigenvalue weighted by Crippen LogP contribution is -2.66. The molecule has 0 bridgehead atoms. The number of carbonyl (C=O) groups excluding carboxylic acids is 7. The zero-order chi connectivity index (χ0) is 55.8. The van der Waals surface area contributed by atoms with Crippen LogP contribution in [0.15, 0.2) is 21.9 Å². The number of carbonyl (C=O) groups is 8. The molecule has 418 valence electrons. The van der Waals surface area contributed by atoms with E-state index < -0.39 is 168 Å². The zero-order valence-corrected chi connectivity index (χ0v) is 41.9. The van der Waals surface area contributed by atoms with Crippen LogP contribution in [0, 0.1) is 0 Å². The van der Waals surface area contributed by atoms with Crippen molar-refractivity contribution in [1.82, 2.24) is 36.1 Å². The van der Waals surface area contributed by atoms with Crippen molar-refractivity contribution in [3.8, 4) is 0 Å². The van der Waals surface area contributed by atoms with Gasteiger partial charge in [-0.25, -0.2) is 18.7 Å². The number of nitrogens with one attached hydrogen (secondary N) is 6. The van der Waals surface area contributed by atoms with E-state index in [9.17, 15) is 92.4 Å². The Morgan fingerprint density at radius 2 is 1.51 bits per heavy atom. The molecule has 15 N–H and O–H groups in total. The molecule has 1 aromatic heterocycles.